The van der Waals surface area contributed by atoms with Crippen molar-refractivity contribution in [3.8, 4) is 11.4 Å². The van der Waals surface area contributed by atoms with Crippen molar-refractivity contribution in [1.82, 2.24) is 9.97 Å². The molecule has 0 fully saturated rings. The van der Waals surface area contributed by atoms with E-state index < -0.39 is 5.97 Å². The van der Waals surface area contributed by atoms with E-state index in [0.29, 0.717) is 27.1 Å². The number of rotatable bonds is 2. The maximum absolute atomic E-state index is 11.6. The summed E-state index contributed by atoms with van der Waals surface area (Å²) in [5.74, 6) is -0.141. The van der Waals surface area contributed by atoms with Gasteiger partial charge in [-0.2, -0.15) is 0 Å². The molecule has 0 saturated carbocycles. The summed E-state index contributed by atoms with van der Waals surface area (Å²) < 4.78 is 4.64. The summed E-state index contributed by atoms with van der Waals surface area (Å²) in [5.41, 5.74) is 7.05. The van der Waals surface area contributed by atoms with Gasteiger partial charge in [0.1, 0.15) is 11.4 Å². The first kappa shape index (κ1) is 14.6. The molecular weight excluding hydrogens is 301 g/mol. The van der Waals surface area contributed by atoms with Gasteiger partial charge in [0.2, 0.25) is 0 Å². The third-order valence-electron chi connectivity index (χ3n) is 2.69. The Morgan fingerprint density at radius 3 is 2.50 bits per heavy atom. The summed E-state index contributed by atoms with van der Waals surface area (Å²) in [4.78, 5) is 19.9. The van der Waals surface area contributed by atoms with E-state index in [1.54, 1.807) is 25.1 Å². The second kappa shape index (κ2) is 5.64. The van der Waals surface area contributed by atoms with Crippen LogP contribution >= 0.6 is 23.2 Å². The molecule has 1 aromatic carbocycles. The molecule has 5 nitrogen and oxygen atoms in total. The number of aryl methyl sites for hydroxylation is 1. The highest BCUT2D eigenvalue weighted by atomic mass is 35.5. The van der Waals surface area contributed by atoms with Gasteiger partial charge < -0.3 is 10.5 Å². The van der Waals surface area contributed by atoms with Crippen LogP contribution in [-0.2, 0) is 4.74 Å². The number of ether oxygens (including phenoxy) is 1. The van der Waals surface area contributed by atoms with E-state index >= 15 is 0 Å². The number of carbonyl (C=O) groups is 1. The fraction of sp³-hybridized carbons (Fsp3) is 0.154. The number of nitrogens with two attached hydrogens (primary N) is 1. The van der Waals surface area contributed by atoms with Gasteiger partial charge in [-0.1, -0.05) is 23.2 Å². The molecule has 1 aromatic heterocycles. The van der Waals surface area contributed by atoms with Crippen LogP contribution in [0.3, 0.4) is 0 Å². The minimum Gasteiger partial charge on any atom is -0.465 e. The number of esters is 1. The lowest BCUT2D eigenvalue weighted by molar-refractivity contribution is 0.0600. The average molecular weight is 312 g/mol. The van der Waals surface area contributed by atoms with Crippen molar-refractivity contribution in [2.24, 2.45) is 0 Å². The van der Waals surface area contributed by atoms with Gasteiger partial charge in [0.15, 0.2) is 5.82 Å². The lowest BCUT2D eigenvalue weighted by Crippen LogP contribution is -2.12. The average Bonchev–Trinajstić information content (AvgIpc) is 2.40. The first-order valence-corrected chi connectivity index (χ1v) is 6.37. The molecule has 0 atom stereocenters. The maximum Gasteiger partial charge on any atom is 0.343 e. The van der Waals surface area contributed by atoms with Crippen LogP contribution in [-0.4, -0.2) is 23.0 Å². The SMILES string of the molecule is COC(=O)c1c(C)nc(-c2ccc(Cl)c(Cl)c2)nc1N. The van der Waals surface area contributed by atoms with Gasteiger partial charge in [-0.05, 0) is 25.1 Å². The molecule has 0 bridgehead atoms. The van der Waals surface area contributed by atoms with Gasteiger partial charge >= 0.3 is 5.97 Å². The van der Waals surface area contributed by atoms with Crippen LogP contribution in [0.25, 0.3) is 11.4 Å². The standard InChI is InChI=1S/C13H11Cl2N3O2/c1-6-10(13(19)20-2)11(16)18-12(17-6)7-3-4-8(14)9(15)5-7/h3-5H,1-2H3,(H2,16,17,18). The van der Waals surface area contributed by atoms with Gasteiger partial charge in [0.25, 0.3) is 0 Å². The van der Waals surface area contributed by atoms with Crippen LogP contribution in [0, 0.1) is 6.92 Å². The second-order valence-corrected chi connectivity index (χ2v) is 4.83. The molecule has 7 heteroatoms. The molecule has 0 aliphatic rings. The Morgan fingerprint density at radius 1 is 1.25 bits per heavy atom. The number of halogens is 2. The van der Waals surface area contributed by atoms with Gasteiger partial charge in [-0.25, -0.2) is 14.8 Å². The highest BCUT2D eigenvalue weighted by molar-refractivity contribution is 6.42. The lowest BCUT2D eigenvalue weighted by Gasteiger charge is -2.09. The topological polar surface area (TPSA) is 78.1 Å². The Hall–Kier alpha value is -1.85. The van der Waals surface area contributed by atoms with Gasteiger partial charge in [-0.15, -0.1) is 0 Å². The monoisotopic (exact) mass is 311 g/mol. The Morgan fingerprint density at radius 2 is 1.95 bits per heavy atom. The predicted octanol–water partition coefficient (Wildman–Crippen LogP) is 3.13. The Kier molecular flexibility index (Phi) is 4.11. The maximum atomic E-state index is 11.6. The molecule has 2 N–H and O–H groups in total. The Bertz CT molecular complexity index is 666. The van der Waals surface area contributed by atoms with Crippen LogP contribution in [0.15, 0.2) is 18.2 Å². The quantitative estimate of drug-likeness (QED) is 0.862. The highest BCUT2D eigenvalue weighted by Crippen LogP contribution is 2.28. The molecule has 1 heterocycles. The summed E-state index contributed by atoms with van der Waals surface area (Å²) in [5, 5.41) is 0.826. The number of methoxy groups -OCH3 is 1. The number of nitrogen functional groups attached to an aromatic ring is 1. The van der Waals surface area contributed by atoms with Gasteiger partial charge in [0.05, 0.1) is 22.8 Å². The second-order valence-electron chi connectivity index (χ2n) is 4.01. The third kappa shape index (κ3) is 2.69. The first-order chi connectivity index (χ1) is 9.43. The molecule has 0 radical (unpaired) electrons. The fourth-order valence-electron chi connectivity index (χ4n) is 1.71. The van der Waals surface area contributed by atoms with Crippen LogP contribution in [0.1, 0.15) is 16.1 Å². The number of anilines is 1. The van der Waals surface area contributed by atoms with E-state index in [9.17, 15) is 4.79 Å². The number of benzene rings is 1. The van der Waals surface area contributed by atoms with Crippen LogP contribution < -0.4 is 5.73 Å². The van der Waals surface area contributed by atoms with Crippen molar-refractivity contribution in [3.05, 3.63) is 39.5 Å². The van der Waals surface area contributed by atoms with Crippen molar-refractivity contribution < 1.29 is 9.53 Å². The zero-order valence-corrected chi connectivity index (χ0v) is 12.3. The lowest BCUT2D eigenvalue weighted by atomic mass is 10.1. The molecule has 104 valence electrons. The number of carbonyl (C=O) groups excluding carboxylic acids is 1. The molecule has 0 spiro atoms. The number of hydrogen-bond donors (Lipinski definition) is 1. The molecule has 0 aliphatic carbocycles. The zero-order chi connectivity index (χ0) is 14.9. The van der Waals surface area contributed by atoms with E-state index in [0.717, 1.165) is 0 Å². The molecule has 2 rings (SSSR count). The first-order valence-electron chi connectivity index (χ1n) is 5.62. The van der Waals surface area contributed by atoms with Crippen LogP contribution in [0.4, 0.5) is 5.82 Å². The van der Waals surface area contributed by atoms with Crippen molar-refractivity contribution in [3.63, 3.8) is 0 Å². The third-order valence-corrected chi connectivity index (χ3v) is 3.42. The Labute approximate surface area is 125 Å². The largest absolute Gasteiger partial charge is 0.465 e. The van der Waals surface area contributed by atoms with E-state index in [1.807, 2.05) is 0 Å². The van der Waals surface area contributed by atoms with E-state index in [2.05, 4.69) is 14.7 Å². The molecular formula is C13H11Cl2N3O2. The van der Waals surface area contributed by atoms with Crippen LogP contribution in [0.5, 0.6) is 0 Å². The van der Waals surface area contributed by atoms with Crippen molar-refractivity contribution in [1.29, 1.82) is 0 Å². The van der Waals surface area contributed by atoms with Gasteiger partial charge in [0, 0.05) is 5.56 Å². The van der Waals surface area contributed by atoms with E-state index in [-0.39, 0.29) is 11.4 Å². The highest BCUT2D eigenvalue weighted by Gasteiger charge is 2.18. The molecule has 0 saturated heterocycles. The summed E-state index contributed by atoms with van der Waals surface area (Å²) in [6.07, 6.45) is 0. The fourth-order valence-corrected chi connectivity index (χ4v) is 2.01. The van der Waals surface area contributed by atoms with E-state index in [1.165, 1.54) is 7.11 Å². The molecule has 20 heavy (non-hydrogen) atoms. The summed E-state index contributed by atoms with van der Waals surface area (Å²) in [7, 11) is 1.27. The normalized spacial score (nSPS) is 10.4. The van der Waals surface area contributed by atoms with Crippen LogP contribution in [0.2, 0.25) is 10.0 Å². The molecule has 0 amide bonds. The molecule has 2 aromatic rings. The summed E-state index contributed by atoms with van der Waals surface area (Å²) >= 11 is 11.8. The minimum atomic E-state index is -0.569. The van der Waals surface area contributed by atoms with Crippen molar-refractivity contribution in [2.75, 3.05) is 12.8 Å². The summed E-state index contributed by atoms with van der Waals surface area (Å²) in [6, 6.07) is 5.00. The minimum absolute atomic E-state index is 0.0606. The smallest absolute Gasteiger partial charge is 0.343 e. The molecule has 0 unspecified atom stereocenters. The van der Waals surface area contributed by atoms with Gasteiger partial charge in [-0.3, -0.25) is 0 Å². The number of hydrogen-bond acceptors (Lipinski definition) is 5. The number of nitrogens with zero attached hydrogens (tertiary/aromatic N) is 2. The number of aromatic nitrogens is 2. The van der Waals surface area contributed by atoms with E-state index in [4.69, 9.17) is 28.9 Å². The van der Waals surface area contributed by atoms with Crippen molar-refractivity contribution in [2.45, 2.75) is 6.92 Å². The summed E-state index contributed by atoms with van der Waals surface area (Å²) in [6.45, 7) is 1.66. The molecule has 0 aliphatic heterocycles. The Balaban J connectivity index is 2.54. The van der Waals surface area contributed by atoms with Crippen molar-refractivity contribution >= 4 is 35.0 Å². The predicted molar refractivity (Wildman–Crippen MR) is 78.0 cm³/mol. The zero-order valence-electron chi connectivity index (χ0n) is 10.8.